The Bertz CT molecular complexity index is 1330. The van der Waals surface area contributed by atoms with Crippen molar-refractivity contribution in [3.05, 3.63) is 36.2 Å². The van der Waals surface area contributed by atoms with E-state index in [4.69, 9.17) is 14.7 Å². The molecule has 1 aromatic carbocycles. The molecule has 0 spiro atoms. The molecule has 7 rings (SSSR count). The van der Waals surface area contributed by atoms with E-state index in [0.29, 0.717) is 6.04 Å². The number of rotatable bonds is 5. The first-order chi connectivity index (χ1) is 17.3. The van der Waals surface area contributed by atoms with Crippen molar-refractivity contribution in [2.45, 2.75) is 44.4 Å². The molecule has 2 unspecified atom stereocenters. The number of nitrogens with zero attached hydrogens (tertiary/aromatic N) is 7. The molecule has 4 aromatic rings. The minimum Gasteiger partial charge on any atom is -0.357 e. The maximum Gasteiger partial charge on any atom is 0.245 e. The first kappa shape index (κ1) is 21.3. The standard InChI is InChI=1S/C25H28N8OS/c1-2-10-34-22(3-1)33-13-17(11-29-33)18-6-7-19(24-23(18)28-15-35-24)20-12-27-25(31-30-20)32-9-8-26-21(14-32)16-4-5-16/h6-7,11-13,15-16,21-22,26H,1-5,8-10,14H2. The zero-order valence-corrected chi connectivity index (χ0v) is 20.3. The summed E-state index contributed by atoms with van der Waals surface area (Å²) in [4.78, 5) is 11.7. The lowest BCUT2D eigenvalue weighted by Crippen LogP contribution is -2.52. The summed E-state index contributed by atoms with van der Waals surface area (Å²) < 4.78 is 8.92. The van der Waals surface area contributed by atoms with Crippen LogP contribution in [-0.4, -0.2) is 62.2 Å². The van der Waals surface area contributed by atoms with Gasteiger partial charge in [-0.15, -0.1) is 21.5 Å². The van der Waals surface area contributed by atoms with Gasteiger partial charge in [0.2, 0.25) is 5.95 Å². The number of hydrogen-bond acceptors (Lipinski definition) is 9. The molecule has 1 aliphatic carbocycles. The van der Waals surface area contributed by atoms with Gasteiger partial charge in [-0.05, 0) is 38.0 Å². The maximum absolute atomic E-state index is 5.89. The van der Waals surface area contributed by atoms with Crippen LogP contribution in [0.2, 0.25) is 0 Å². The van der Waals surface area contributed by atoms with E-state index in [1.807, 2.05) is 22.6 Å². The highest BCUT2D eigenvalue weighted by Crippen LogP contribution is 2.37. The average Bonchev–Trinajstić information content (AvgIpc) is 3.45. The van der Waals surface area contributed by atoms with Gasteiger partial charge < -0.3 is 15.0 Å². The van der Waals surface area contributed by atoms with Gasteiger partial charge in [0.15, 0.2) is 0 Å². The molecule has 5 heterocycles. The number of fused-ring (bicyclic) bond motifs is 1. The van der Waals surface area contributed by atoms with Gasteiger partial charge in [-0.3, -0.25) is 0 Å². The van der Waals surface area contributed by atoms with Gasteiger partial charge in [-0.25, -0.2) is 14.6 Å². The van der Waals surface area contributed by atoms with Gasteiger partial charge in [0, 0.05) is 55.2 Å². The predicted octanol–water partition coefficient (Wildman–Crippen LogP) is 3.90. The number of hydrogen-bond donors (Lipinski definition) is 1. The largest absolute Gasteiger partial charge is 0.357 e. The highest BCUT2D eigenvalue weighted by Gasteiger charge is 2.34. The molecule has 2 atom stereocenters. The van der Waals surface area contributed by atoms with E-state index in [9.17, 15) is 0 Å². The van der Waals surface area contributed by atoms with Crippen molar-refractivity contribution in [3.63, 3.8) is 0 Å². The summed E-state index contributed by atoms with van der Waals surface area (Å²) in [5.74, 6) is 1.53. The number of benzene rings is 1. The van der Waals surface area contributed by atoms with Crippen LogP contribution in [0.5, 0.6) is 0 Å². The Labute approximate surface area is 207 Å². The van der Waals surface area contributed by atoms with Crippen molar-refractivity contribution in [2.75, 3.05) is 31.1 Å². The third-order valence-corrected chi connectivity index (χ3v) is 8.21. The van der Waals surface area contributed by atoms with Crippen molar-refractivity contribution in [2.24, 2.45) is 5.92 Å². The van der Waals surface area contributed by atoms with E-state index >= 15 is 0 Å². The van der Waals surface area contributed by atoms with Crippen LogP contribution in [0.25, 0.3) is 32.6 Å². The smallest absolute Gasteiger partial charge is 0.245 e. The number of thiazole rings is 1. The van der Waals surface area contributed by atoms with Crippen molar-refractivity contribution in [1.82, 2.24) is 35.3 Å². The fourth-order valence-corrected chi connectivity index (χ4v) is 6.10. The molecule has 1 N–H and O–H groups in total. The Morgan fingerprint density at radius 3 is 2.80 bits per heavy atom. The quantitative estimate of drug-likeness (QED) is 0.452. The van der Waals surface area contributed by atoms with Gasteiger partial charge >= 0.3 is 0 Å². The van der Waals surface area contributed by atoms with Crippen molar-refractivity contribution >= 4 is 27.5 Å². The number of ether oxygens (including phenoxy) is 1. The summed E-state index contributed by atoms with van der Waals surface area (Å²) in [6.45, 7) is 3.64. The van der Waals surface area contributed by atoms with Crippen LogP contribution in [0.4, 0.5) is 5.95 Å². The molecule has 9 nitrogen and oxygen atoms in total. The van der Waals surface area contributed by atoms with Gasteiger partial charge in [0.25, 0.3) is 0 Å². The van der Waals surface area contributed by atoms with Crippen molar-refractivity contribution < 1.29 is 4.74 Å². The Morgan fingerprint density at radius 2 is 1.97 bits per heavy atom. The SMILES string of the molecule is c1nc2c(-c3cnn(C4CCCCO4)c3)ccc(-c3cnc(N4CCNC(C5CC5)C4)nn3)c2s1. The third-order valence-electron chi connectivity index (χ3n) is 7.35. The molecule has 2 aliphatic heterocycles. The Hall–Kier alpha value is -2.95. The van der Waals surface area contributed by atoms with E-state index in [0.717, 1.165) is 83.5 Å². The second-order valence-corrected chi connectivity index (χ2v) is 10.6. The first-order valence-electron chi connectivity index (χ1n) is 12.5. The van der Waals surface area contributed by atoms with Crippen LogP contribution in [0.3, 0.4) is 0 Å². The summed E-state index contributed by atoms with van der Waals surface area (Å²) in [5.41, 5.74) is 6.74. The minimum absolute atomic E-state index is 0.0257. The summed E-state index contributed by atoms with van der Waals surface area (Å²) >= 11 is 1.62. The fourth-order valence-electron chi connectivity index (χ4n) is 5.26. The molecule has 0 amide bonds. The van der Waals surface area contributed by atoms with E-state index in [1.165, 1.54) is 19.3 Å². The monoisotopic (exact) mass is 488 g/mol. The average molecular weight is 489 g/mol. The molecular weight excluding hydrogens is 460 g/mol. The van der Waals surface area contributed by atoms with Crippen LogP contribution >= 0.6 is 11.3 Å². The molecule has 0 radical (unpaired) electrons. The predicted molar refractivity (Wildman–Crippen MR) is 135 cm³/mol. The first-order valence-corrected chi connectivity index (χ1v) is 13.4. The molecule has 1 saturated carbocycles. The Balaban J connectivity index is 1.15. The third kappa shape index (κ3) is 4.09. The van der Waals surface area contributed by atoms with Crippen LogP contribution in [-0.2, 0) is 4.74 Å². The number of anilines is 1. The van der Waals surface area contributed by atoms with Gasteiger partial charge in [-0.2, -0.15) is 5.10 Å². The highest BCUT2D eigenvalue weighted by atomic mass is 32.1. The number of nitrogens with one attached hydrogen (secondary N) is 1. The molecule has 0 bridgehead atoms. The lowest BCUT2D eigenvalue weighted by Gasteiger charge is -2.33. The molecule has 10 heteroatoms. The van der Waals surface area contributed by atoms with Crippen molar-refractivity contribution in [3.8, 4) is 22.4 Å². The van der Waals surface area contributed by atoms with Gasteiger partial charge in [0.05, 0.1) is 28.1 Å². The Morgan fingerprint density at radius 1 is 1.03 bits per heavy atom. The zero-order valence-electron chi connectivity index (χ0n) is 19.5. The second-order valence-electron chi connectivity index (χ2n) is 9.71. The zero-order chi connectivity index (χ0) is 23.2. The molecule has 2 saturated heterocycles. The molecule has 3 aliphatic rings. The summed E-state index contributed by atoms with van der Waals surface area (Å²) in [6, 6.07) is 4.75. The number of aromatic nitrogens is 6. The molecule has 180 valence electrons. The maximum atomic E-state index is 5.89. The molecule has 3 aromatic heterocycles. The Kier molecular flexibility index (Phi) is 5.44. The fraction of sp³-hybridized carbons (Fsp3) is 0.480. The molecular formula is C25H28N8OS. The lowest BCUT2D eigenvalue weighted by atomic mass is 10.0. The topological polar surface area (TPSA) is 93.9 Å². The van der Waals surface area contributed by atoms with Crippen LogP contribution in [0.1, 0.15) is 38.3 Å². The second kappa shape index (κ2) is 8.92. The van der Waals surface area contributed by atoms with Crippen LogP contribution in [0.15, 0.2) is 36.2 Å². The van der Waals surface area contributed by atoms with Crippen LogP contribution in [0, 0.1) is 5.92 Å². The van der Waals surface area contributed by atoms with Gasteiger partial charge in [-0.1, -0.05) is 12.1 Å². The minimum atomic E-state index is 0.0257. The van der Waals surface area contributed by atoms with E-state index in [1.54, 1.807) is 11.3 Å². The van der Waals surface area contributed by atoms with Crippen LogP contribution < -0.4 is 10.2 Å². The summed E-state index contributed by atoms with van der Waals surface area (Å²) in [5, 5.41) is 17.3. The highest BCUT2D eigenvalue weighted by molar-refractivity contribution is 7.17. The van der Waals surface area contributed by atoms with E-state index in [2.05, 4.69) is 43.8 Å². The normalized spacial score (nSPS) is 23.1. The van der Waals surface area contributed by atoms with E-state index in [-0.39, 0.29) is 6.23 Å². The summed E-state index contributed by atoms with van der Waals surface area (Å²) in [7, 11) is 0. The molecule has 35 heavy (non-hydrogen) atoms. The summed E-state index contributed by atoms with van der Waals surface area (Å²) in [6.07, 6.45) is 11.8. The van der Waals surface area contributed by atoms with Crippen molar-refractivity contribution in [1.29, 1.82) is 0 Å². The van der Waals surface area contributed by atoms with E-state index < -0.39 is 0 Å². The number of piperazine rings is 1. The van der Waals surface area contributed by atoms with Gasteiger partial charge in [0.1, 0.15) is 11.9 Å². The molecule has 3 fully saturated rings. The lowest BCUT2D eigenvalue weighted by molar-refractivity contribution is -0.0394.